The summed E-state index contributed by atoms with van der Waals surface area (Å²) in [5, 5.41) is 6.04. The zero-order chi connectivity index (χ0) is 14.7. The number of furan rings is 1. The number of hydrogen-bond acceptors (Lipinski definition) is 5. The molecule has 2 aromatic rings. The lowest BCUT2D eigenvalue weighted by Gasteiger charge is -2.29. The Bertz CT molecular complexity index is 615. The van der Waals surface area contributed by atoms with Crippen LogP contribution in [-0.2, 0) is 0 Å². The minimum absolute atomic E-state index is 0.287. The SMILES string of the molecule is Cc1ccc(C(=O)Nc2ccc(N3CCNCC3)cn2)o1. The van der Waals surface area contributed by atoms with Crippen molar-refractivity contribution >= 4 is 17.4 Å². The fraction of sp³-hybridized carbons (Fsp3) is 0.333. The Hall–Kier alpha value is -2.34. The first-order valence-electron chi connectivity index (χ1n) is 7.02. The van der Waals surface area contributed by atoms with Gasteiger partial charge in [0.1, 0.15) is 11.6 Å². The van der Waals surface area contributed by atoms with E-state index in [2.05, 4.69) is 20.5 Å². The molecule has 0 saturated carbocycles. The Morgan fingerprint density at radius 3 is 2.71 bits per heavy atom. The highest BCUT2D eigenvalue weighted by Crippen LogP contribution is 2.16. The Morgan fingerprint density at radius 1 is 1.29 bits per heavy atom. The molecule has 1 aliphatic heterocycles. The monoisotopic (exact) mass is 286 g/mol. The molecule has 2 aromatic heterocycles. The molecule has 1 saturated heterocycles. The molecule has 0 unspecified atom stereocenters. The summed E-state index contributed by atoms with van der Waals surface area (Å²) in [5.41, 5.74) is 1.07. The molecular weight excluding hydrogens is 268 g/mol. The molecule has 0 radical (unpaired) electrons. The number of hydrogen-bond donors (Lipinski definition) is 2. The number of pyridine rings is 1. The standard InChI is InChI=1S/C15H18N4O2/c1-11-2-4-13(21-11)15(20)18-14-5-3-12(10-17-14)19-8-6-16-7-9-19/h2-5,10,16H,6-9H2,1H3,(H,17,18,20). The molecule has 21 heavy (non-hydrogen) atoms. The third kappa shape index (κ3) is 3.22. The molecular formula is C15H18N4O2. The van der Waals surface area contributed by atoms with E-state index in [1.165, 1.54) is 0 Å². The molecule has 1 fully saturated rings. The lowest BCUT2D eigenvalue weighted by Crippen LogP contribution is -2.43. The molecule has 110 valence electrons. The van der Waals surface area contributed by atoms with Crippen LogP contribution in [0.1, 0.15) is 16.3 Å². The quantitative estimate of drug-likeness (QED) is 0.897. The number of aryl methyl sites for hydroxylation is 1. The van der Waals surface area contributed by atoms with Crippen LogP contribution >= 0.6 is 0 Å². The van der Waals surface area contributed by atoms with Gasteiger partial charge in [0.2, 0.25) is 0 Å². The number of aromatic nitrogens is 1. The smallest absolute Gasteiger partial charge is 0.292 e. The van der Waals surface area contributed by atoms with Crippen molar-refractivity contribution in [3.05, 3.63) is 42.0 Å². The molecule has 0 atom stereocenters. The summed E-state index contributed by atoms with van der Waals surface area (Å²) in [6.07, 6.45) is 1.79. The molecule has 6 nitrogen and oxygen atoms in total. The van der Waals surface area contributed by atoms with Crippen LogP contribution < -0.4 is 15.5 Å². The average molecular weight is 286 g/mol. The van der Waals surface area contributed by atoms with E-state index in [-0.39, 0.29) is 5.91 Å². The van der Waals surface area contributed by atoms with E-state index in [1.807, 2.05) is 12.1 Å². The van der Waals surface area contributed by atoms with E-state index in [0.29, 0.717) is 17.3 Å². The third-order valence-electron chi connectivity index (χ3n) is 3.44. The van der Waals surface area contributed by atoms with Crippen molar-refractivity contribution < 1.29 is 9.21 Å². The number of carbonyl (C=O) groups excluding carboxylic acids is 1. The largest absolute Gasteiger partial charge is 0.456 e. The van der Waals surface area contributed by atoms with Gasteiger partial charge in [0, 0.05) is 26.2 Å². The van der Waals surface area contributed by atoms with Crippen molar-refractivity contribution in [2.75, 3.05) is 36.4 Å². The first-order chi connectivity index (χ1) is 10.2. The van der Waals surface area contributed by atoms with Crippen LogP contribution in [0.15, 0.2) is 34.9 Å². The summed E-state index contributed by atoms with van der Waals surface area (Å²) in [6, 6.07) is 7.20. The highest BCUT2D eigenvalue weighted by atomic mass is 16.3. The first kappa shape index (κ1) is 13.6. The number of nitrogens with one attached hydrogen (secondary N) is 2. The van der Waals surface area contributed by atoms with Crippen LogP contribution in [0, 0.1) is 6.92 Å². The van der Waals surface area contributed by atoms with Gasteiger partial charge in [-0.05, 0) is 31.2 Å². The maximum atomic E-state index is 12.0. The van der Waals surface area contributed by atoms with Crippen LogP contribution in [0.5, 0.6) is 0 Å². The van der Waals surface area contributed by atoms with Crippen molar-refractivity contribution in [1.82, 2.24) is 10.3 Å². The van der Waals surface area contributed by atoms with Gasteiger partial charge in [-0.2, -0.15) is 0 Å². The number of amides is 1. The summed E-state index contributed by atoms with van der Waals surface area (Å²) >= 11 is 0. The van der Waals surface area contributed by atoms with Gasteiger partial charge in [0.05, 0.1) is 11.9 Å². The van der Waals surface area contributed by atoms with E-state index in [0.717, 1.165) is 31.9 Å². The second-order valence-corrected chi connectivity index (χ2v) is 5.00. The van der Waals surface area contributed by atoms with Crippen molar-refractivity contribution in [2.24, 2.45) is 0 Å². The summed E-state index contributed by atoms with van der Waals surface area (Å²) < 4.78 is 5.28. The second kappa shape index (κ2) is 5.97. The van der Waals surface area contributed by atoms with Crippen molar-refractivity contribution in [3.63, 3.8) is 0 Å². The average Bonchev–Trinajstić information content (AvgIpc) is 2.96. The Balaban J connectivity index is 1.65. The molecule has 3 heterocycles. The van der Waals surface area contributed by atoms with E-state index in [1.54, 1.807) is 25.3 Å². The zero-order valence-corrected chi connectivity index (χ0v) is 11.9. The Morgan fingerprint density at radius 2 is 2.10 bits per heavy atom. The molecule has 6 heteroatoms. The zero-order valence-electron chi connectivity index (χ0n) is 11.9. The number of anilines is 2. The highest BCUT2D eigenvalue weighted by molar-refractivity contribution is 6.01. The summed E-state index contributed by atoms with van der Waals surface area (Å²) in [6.45, 7) is 5.71. The number of rotatable bonds is 3. The second-order valence-electron chi connectivity index (χ2n) is 5.00. The van der Waals surface area contributed by atoms with Gasteiger partial charge in [-0.15, -0.1) is 0 Å². The minimum atomic E-state index is -0.287. The Kier molecular flexibility index (Phi) is 3.87. The molecule has 0 spiro atoms. The van der Waals surface area contributed by atoms with Gasteiger partial charge in [-0.25, -0.2) is 4.98 Å². The molecule has 3 rings (SSSR count). The number of nitrogens with zero attached hydrogens (tertiary/aromatic N) is 2. The van der Waals surface area contributed by atoms with Gasteiger partial charge < -0.3 is 20.0 Å². The molecule has 1 amide bonds. The Labute approximate surface area is 123 Å². The lowest BCUT2D eigenvalue weighted by atomic mass is 10.3. The third-order valence-corrected chi connectivity index (χ3v) is 3.44. The van der Waals surface area contributed by atoms with E-state index in [9.17, 15) is 4.79 Å². The predicted molar refractivity (Wildman–Crippen MR) is 80.7 cm³/mol. The highest BCUT2D eigenvalue weighted by Gasteiger charge is 2.13. The molecule has 0 bridgehead atoms. The fourth-order valence-electron chi connectivity index (χ4n) is 2.30. The van der Waals surface area contributed by atoms with Crippen molar-refractivity contribution in [1.29, 1.82) is 0 Å². The maximum Gasteiger partial charge on any atom is 0.292 e. The molecule has 0 aliphatic carbocycles. The van der Waals surface area contributed by atoms with Gasteiger partial charge in [-0.3, -0.25) is 4.79 Å². The predicted octanol–water partition coefficient (Wildman–Crippen LogP) is 1.64. The first-order valence-corrected chi connectivity index (χ1v) is 7.02. The van der Waals surface area contributed by atoms with Crippen LogP contribution in [-0.4, -0.2) is 37.1 Å². The summed E-state index contributed by atoms with van der Waals surface area (Å²) in [4.78, 5) is 18.5. The lowest BCUT2D eigenvalue weighted by molar-refractivity contribution is 0.0995. The summed E-state index contributed by atoms with van der Waals surface area (Å²) in [7, 11) is 0. The van der Waals surface area contributed by atoms with E-state index >= 15 is 0 Å². The van der Waals surface area contributed by atoms with E-state index in [4.69, 9.17) is 4.42 Å². The van der Waals surface area contributed by atoms with Crippen LogP contribution in [0.25, 0.3) is 0 Å². The topological polar surface area (TPSA) is 70.4 Å². The number of carbonyl (C=O) groups is 1. The van der Waals surface area contributed by atoms with Gasteiger partial charge in [0.25, 0.3) is 5.91 Å². The van der Waals surface area contributed by atoms with Gasteiger partial charge in [-0.1, -0.05) is 0 Å². The van der Waals surface area contributed by atoms with Crippen LogP contribution in [0.3, 0.4) is 0 Å². The van der Waals surface area contributed by atoms with E-state index < -0.39 is 0 Å². The van der Waals surface area contributed by atoms with Crippen LogP contribution in [0.4, 0.5) is 11.5 Å². The maximum absolute atomic E-state index is 12.0. The van der Waals surface area contributed by atoms with Gasteiger partial charge >= 0.3 is 0 Å². The summed E-state index contributed by atoms with van der Waals surface area (Å²) in [5.74, 6) is 1.24. The fourth-order valence-corrected chi connectivity index (χ4v) is 2.30. The molecule has 2 N–H and O–H groups in total. The van der Waals surface area contributed by atoms with Gasteiger partial charge in [0.15, 0.2) is 5.76 Å². The molecule has 0 aromatic carbocycles. The number of piperazine rings is 1. The van der Waals surface area contributed by atoms with Crippen molar-refractivity contribution in [3.8, 4) is 0 Å². The minimum Gasteiger partial charge on any atom is -0.456 e. The molecule has 1 aliphatic rings. The van der Waals surface area contributed by atoms with Crippen LogP contribution in [0.2, 0.25) is 0 Å². The van der Waals surface area contributed by atoms with Crippen molar-refractivity contribution in [2.45, 2.75) is 6.92 Å². The normalized spacial score (nSPS) is 15.0.